The Balaban J connectivity index is 1.56. The van der Waals surface area contributed by atoms with Gasteiger partial charge in [0.2, 0.25) is 0 Å². The van der Waals surface area contributed by atoms with Crippen molar-refractivity contribution in [2.75, 3.05) is 20.3 Å². The number of benzene rings is 1. The van der Waals surface area contributed by atoms with Gasteiger partial charge < -0.3 is 4.74 Å². The Bertz CT molecular complexity index is 650. The minimum Gasteiger partial charge on any atom is -0.383 e. The van der Waals surface area contributed by atoms with Crippen LogP contribution in [-0.4, -0.2) is 40.2 Å². The summed E-state index contributed by atoms with van der Waals surface area (Å²) in [5.41, 5.74) is 3.78. The Labute approximate surface area is 137 Å². The summed E-state index contributed by atoms with van der Waals surface area (Å²) >= 11 is 0. The normalized spacial score (nSPS) is 21.3. The molecule has 5 nitrogen and oxygen atoms in total. The first-order valence-electron chi connectivity index (χ1n) is 8.54. The molecule has 2 heterocycles. The molecule has 0 N–H and O–H groups in total. The molecule has 1 saturated carbocycles. The van der Waals surface area contributed by atoms with Crippen LogP contribution in [0.25, 0.3) is 0 Å². The molecular formula is C18H24N4O. The van der Waals surface area contributed by atoms with Gasteiger partial charge in [0, 0.05) is 33.2 Å². The second-order valence-electron chi connectivity index (χ2n) is 6.72. The van der Waals surface area contributed by atoms with E-state index in [1.165, 1.54) is 24.1 Å². The highest BCUT2D eigenvalue weighted by molar-refractivity contribution is 5.21. The first-order chi connectivity index (χ1) is 11.3. The van der Waals surface area contributed by atoms with Crippen molar-refractivity contribution in [2.24, 2.45) is 5.92 Å². The van der Waals surface area contributed by atoms with E-state index in [4.69, 9.17) is 4.74 Å². The lowest BCUT2D eigenvalue weighted by atomic mass is 10.0. The van der Waals surface area contributed by atoms with E-state index in [0.717, 1.165) is 37.7 Å². The van der Waals surface area contributed by atoms with Gasteiger partial charge in [-0.2, -0.15) is 0 Å². The van der Waals surface area contributed by atoms with E-state index >= 15 is 0 Å². The Morgan fingerprint density at radius 1 is 1.22 bits per heavy atom. The van der Waals surface area contributed by atoms with E-state index in [1.807, 2.05) is 0 Å². The molecule has 23 heavy (non-hydrogen) atoms. The van der Waals surface area contributed by atoms with Crippen LogP contribution in [0.1, 0.15) is 35.8 Å². The monoisotopic (exact) mass is 312 g/mol. The lowest BCUT2D eigenvalue weighted by Gasteiger charge is -2.34. The van der Waals surface area contributed by atoms with Crippen LogP contribution in [0.5, 0.6) is 0 Å². The van der Waals surface area contributed by atoms with Crippen LogP contribution in [-0.2, 0) is 24.2 Å². The highest BCUT2D eigenvalue weighted by Gasteiger charge is 2.33. The van der Waals surface area contributed by atoms with Gasteiger partial charge in [-0.15, -0.1) is 5.10 Å². The van der Waals surface area contributed by atoms with E-state index in [9.17, 15) is 0 Å². The quantitative estimate of drug-likeness (QED) is 0.822. The SMILES string of the molecule is COC[C@@H]1c2nnn(CC3CC3)c2CCN1Cc1ccccc1. The molecule has 122 valence electrons. The van der Waals surface area contributed by atoms with Crippen LogP contribution in [0.2, 0.25) is 0 Å². The van der Waals surface area contributed by atoms with Crippen LogP contribution in [0, 0.1) is 5.92 Å². The number of fused-ring (bicyclic) bond motifs is 1. The first kappa shape index (κ1) is 14.8. The third kappa shape index (κ3) is 3.16. The fourth-order valence-electron chi connectivity index (χ4n) is 3.48. The van der Waals surface area contributed by atoms with Gasteiger partial charge in [0.05, 0.1) is 18.3 Å². The molecule has 1 aromatic carbocycles. The van der Waals surface area contributed by atoms with Gasteiger partial charge >= 0.3 is 0 Å². The summed E-state index contributed by atoms with van der Waals surface area (Å²) in [6.07, 6.45) is 3.72. The van der Waals surface area contributed by atoms with Gasteiger partial charge in [0.25, 0.3) is 0 Å². The molecule has 0 radical (unpaired) electrons. The van der Waals surface area contributed by atoms with Crippen molar-refractivity contribution in [1.82, 2.24) is 19.9 Å². The van der Waals surface area contributed by atoms with Gasteiger partial charge in [0.15, 0.2) is 0 Å². The molecule has 0 unspecified atom stereocenters. The molecule has 1 aromatic heterocycles. The Morgan fingerprint density at radius 3 is 2.78 bits per heavy atom. The van der Waals surface area contributed by atoms with Crippen molar-refractivity contribution >= 4 is 0 Å². The summed E-state index contributed by atoms with van der Waals surface area (Å²) in [6.45, 7) is 3.68. The number of methoxy groups -OCH3 is 1. The zero-order valence-corrected chi connectivity index (χ0v) is 13.7. The number of aromatic nitrogens is 3. The van der Waals surface area contributed by atoms with Crippen molar-refractivity contribution in [1.29, 1.82) is 0 Å². The van der Waals surface area contributed by atoms with Gasteiger partial charge in [-0.1, -0.05) is 35.5 Å². The maximum absolute atomic E-state index is 5.49. The van der Waals surface area contributed by atoms with Gasteiger partial charge in [-0.3, -0.25) is 4.90 Å². The lowest BCUT2D eigenvalue weighted by molar-refractivity contribution is 0.0749. The average Bonchev–Trinajstić information content (AvgIpc) is 3.30. The summed E-state index contributed by atoms with van der Waals surface area (Å²) in [7, 11) is 1.77. The highest BCUT2D eigenvalue weighted by Crippen LogP contribution is 2.34. The zero-order valence-electron chi connectivity index (χ0n) is 13.7. The number of hydrogen-bond acceptors (Lipinski definition) is 4. The standard InChI is InChI=1S/C18H24N4O/c1-23-13-17-18-16(22(20-19-18)12-15-7-8-15)9-10-21(17)11-14-5-3-2-4-6-14/h2-6,15,17H,7-13H2,1H3/t17-/m1/s1. The zero-order chi connectivity index (χ0) is 15.6. The molecule has 1 aliphatic heterocycles. The summed E-state index contributed by atoms with van der Waals surface area (Å²) in [5, 5.41) is 8.96. The number of rotatable bonds is 6. The largest absolute Gasteiger partial charge is 0.383 e. The molecule has 1 aliphatic carbocycles. The summed E-state index contributed by atoms with van der Waals surface area (Å²) < 4.78 is 7.64. The fraction of sp³-hybridized carbons (Fsp3) is 0.556. The molecule has 4 rings (SSSR count). The molecule has 1 atom stereocenters. The Kier molecular flexibility index (Phi) is 4.14. The van der Waals surface area contributed by atoms with Crippen molar-refractivity contribution in [3.05, 3.63) is 47.3 Å². The Hall–Kier alpha value is -1.72. The minimum atomic E-state index is 0.205. The molecule has 2 aromatic rings. The van der Waals surface area contributed by atoms with Crippen molar-refractivity contribution in [2.45, 2.75) is 38.4 Å². The molecular weight excluding hydrogens is 288 g/mol. The first-order valence-corrected chi connectivity index (χ1v) is 8.54. The lowest BCUT2D eigenvalue weighted by Crippen LogP contribution is -2.38. The van der Waals surface area contributed by atoms with Crippen molar-refractivity contribution < 1.29 is 4.74 Å². The van der Waals surface area contributed by atoms with Gasteiger partial charge in [-0.25, -0.2) is 4.68 Å². The molecule has 0 amide bonds. The number of nitrogens with zero attached hydrogens (tertiary/aromatic N) is 4. The Morgan fingerprint density at radius 2 is 2.04 bits per heavy atom. The number of ether oxygens (including phenoxy) is 1. The van der Waals surface area contributed by atoms with Crippen molar-refractivity contribution in [3.8, 4) is 0 Å². The topological polar surface area (TPSA) is 43.2 Å². The smallest absolute Gasteiger partial charge is 0.105 e. The summed E-state index contributed by atoms with van der Waals surface area (Å²) in [6, 6.07) is 10.8. The maximum atomic E-state index is 5.49. The average molecular weight is 312 g/mol. The van der Waals surface area contributed by atoms with Crippen LogP contribution in [0.4, 0.5) is 0 Å². The van der Waals surface area contributed by atoms with E-state index in [-0.39, 0.29) is 6.04 Å². The third-order valence-electron chi connectivity index (χ3n) is 4.94. The molecule has 0 saturated heterocycles. The molecule has 5 heteroatoms. The van der Waals surface area contributed by atoms with Crippen molar-refractivity contribution in [3.63, 3.8) is 0 Å². The molecule has 2 aliphatic rings. The van der Waals surface area contributed by atoms with E-state index in [1.54, 1.807) is 7.11 Å². The molecule has 0 bridgehead atoms. The van der Waals surface area contributed by atoms with Gasteiger partial charge in [0.1, 0.15) is 5.69 Å². The van der Waals surface area contributed by atoms with Crippen LogP contribution in [0.3, 0.4) is 0 Å². The predicted octanol–water partition coefficient (Wildman–Crippen LogP) is 2.43. The summed E-state index contributed by atoms with van der Waals surface area (Å²) in [5.74, 6) is 0.823. The third-order valence-corrected chi connectivity index (χ3v) is 4.94. The van der Waals surface area contributed by atoms with E-state index in [0.29, 0.717) is 6.61 Å². The predicted molar refractivity (Wildman–Crippen MR) is 87.9 cm³/mol. The molecule has 1 fully saturated rings. The summed E-state index contributed by atoms with van der Waals surface area (Å²) in [4.78, 5) is 2.47. The number of hydrogen-bond donors (Lipinski definition) is 0. The van der Waals surface area contributed by atoms with Crippen LogP contribution in [0.15, 0.2) is 30.3 Å². The second-order valence-corrected chi connectivity index (χ2v) is 6.72. The van der Waals surface area contributed by atoms with E-state index in [2.05, 4.69) is 50.2 Å². The highest BCUT2D eigenvalue weighted by atomic mass is 16.5. The molecule has 0 spiro atoms. The van der Waals surface area contributed by atoms with Gasteiger partial charge in [-0.05, 0) is 24.3 Å². The van der Waals surface area contributed by atoms with E-state index < -0.39 is 0 Å². The fourth-order valence-corrected chi connectivity index (χ4v) is 3.48. The minimum absolute atomic E-state index is 0.205. The van der Waals surface area contributed by atoms with Crippen LogP contribution < -0.4 is 0 Å². The van der Waals surface area contributed by atoms with Crippen LogP contribution >= 0.6 is 0 Å². The second kappa shape index (κ2) is 6.42. The maximum Gasteiger partial charge on any atom is 0.105 e.